The molecule has 0 spiro atoms. The van der Waals surface area contributed by atoms with Crippen molar-refractivity contribution in [2.45, 2.75) is 13.8 Å². The van der Waals surface area contributed by atoms with Crippen molar-refractivity contribution in [3.63, 3.8) is 0 Å². The second-order valence-electron chi connectivity index (χ2n) is 13.8. The lowest BCUT2D eigenvalue weighted by atomic mass is 9.87. The van der Waals surface area contributed by atoms with Crippen LogP contribution in [0, 0.1) is 13.8 Å². The molecule has 5 nitrogen and oxygen atoms in total. The Labute approximate surface area is 313 Å². The number of nitrogens with zero attached hydrogens (tertiary/aromatic N) is 5. The van der Waals surface area contributed by atoms with Crippen molar-refractivity contribution in [3.8, 4) is 67.7 Å². The van der Waals surface area contributed by atoms with Crippen molar-refractivity contribution in [3.05, 3.63) is 175 Å². The molecule has 54 heavy (non-hydrogen) atoms. The smallest absolute Gasteiger partial charge is 0.164 e. The second kappa shape index (κ2) is 12.8. The minimum atomic E-state index is 0.612. The Hall–Kier alpha value is -7.11. The van der Waals surface area contributed by atoms with Crippen LogP contribution in [0.2, 0.25) is 0 Å². The fraction of sp³-hybridized carbons (Fsp3) is 0.0408. The first kappa shape index (κ1) is 31.6. The van der Waals surface area contributed by atoms with E-state index < -0.39 is 0 Å². The lowest BCUT2D eigenvalue weighted by Crippen LogP contribution is -2.00. The first-order valence-corrected chi connectivity index (χ1v) is 18.2. The Balaban J connectivity index is 1.25. The van der Waals surface area contributed by atoms with E-state index in [-0.39, 0.29) is 0 Å². The second-order valence-corrected chi connectivity index (χ2v) is 13.8. The van der Waals surface area contributed by atoms with Crippen molar-refractivity contribution >= 4 is 32.3 Å². The van der Waals surface area contributed by atoms with Gasteiger partial charge in [-0.2, -0.15) is 0 Å². The quantitative estimate of drug-likeness (QED) is 0.162. The van der Waals surface area contributed by atoms with Crippen molar-refractivity contribution in [2.75, 3.05) is 0 Å². The summed E-state index contributed by atoms with van der Waals surface area (Å²) in [5.41, 5.74) is 10.0. The topological polar surface area (TPSA) is 64.5 Å². The van der Waals surface area contributed by atoms with Crippen LogP contribution in [0.25, 0.3) is 100.0 Å². The van der Waals surface area contributed by atoms with Crippen LogP contribution in [-0.4, -0.2) is 24.9 Å². The van der Waals surface area contributed by atoms with Crippen LogP contribution >= 0.6 is 0 Å². The van der Waals surface area contributed by atoms with Crippen LogP contribution < -0.4 is 0 Å². The maximum Gasteiger partial charge on any atom is 0.164 e. The van der Waals surface area contributed by atoms with Crippen LogP contribution in [-0.2, 0) is 0 Å². The maximum atomic E-state index is 5.15. The molecule has 0 saturated carbocycles. The lowest BCUT2D eigenvalue weighted by molar-refractivity contribution is 1.02. The molecule has 0 radical (unpaired) electrons. The van der Waals surface area contributed by atoms with E-state index in [0.29, 0.717) is 17.5 Å². The van der Waals surface area contributed by atoms with E-state index in [2.05, 4.69) is 102 Å². The monoisotopic (exact) mass is 691 g/mol. The minimum absolute atomic E-state index is 0.612. The van der Waals surface area contributed by atoms with Crippen molar-refractivity contribution in [1.82, 2.24) is 24.9 Å². The Morgan fingerprint density at radius 3 is 1.57 bits per heavy atom. The van der Waals surface area contributed by atoms with Gasteiger partial charge in [0.2, 0.25) is 0 Å². The van der Waals surface area contributed by atoms with Gasteiger partial charge in [0.25, 0.3) is 0 Å². The van der Waals surface area contributed by atoms with Crippen molar-refractivity contribution in [2.24, 2.45) is 0 Å². The summed E-state index contributed by atoms with van der Waals surface area (Å²) in [6.45, 7) is 3.95. The largest absolute Gasteiger partial charge is 0.239 e. The highest BCUT2D eigenvalue weighted by atomic mass is 15.0. The molecule has 0 bridgehead atoms. The summed E-state index contributed by atoms with van der Waals surface area (Å²) < 4.78 is 0. The average Bonchev–Trinajstić information content (AvgIpc) is 3.22. The molecule has 10 rings (SSSR count). The first-order valence-electron chi connectivity index (χ1n) is 18.2. The number of benzene rings is 8. The molecule has 254 valence electrons. The molecule has 0 saturated heterocycles. The van der Waals surface area contributed by atoms with Crippen LogP contribution in [0.5, 0.6) is 0 Å². The minimum Gasteiger partial charge on any atom is -0.239 e. The lowest BCUT2D eigenvalue weighted by Gasteiger charge is -2.17. The van der Waals surface area contributed by atoms with Gasteiger partial charge >= 0.3 is 0 Å². The number of rotatable bonds is 6. The predicted molar refractivity (Wildman–Crippen MR) is 221 cm³/mol. The number of aromatic nitrogens is 5. The van der Waals surface area contributed by atoms with E-state index in [0.717, 1.165) is 61.7 Å². The van der Waals surface area contributed by atoms with Crippen molar-refractivity contribution < 1.29 is 0 Å². The van der Waals surface area contributed by atoms with E-state index in [1.807, 2.05) is 80.6 Å². The van der Waals surface area contributed by atoms with Crippen LogP contribution in [0.1, 0.15) is 11.5 Å². The van der Waals surface area contributed by atoms with Crippen molar-refractivity contribution in [1.29, 1.82) is 0 Å². The van der Waals surface area contributed by atoms with Gasteiger partial charge in [0.05, 0.1) is 5.69 Å². The molecular weight excluding hydrogens is 659 g/mol. The molecule has 5 heteroatoms. The van der Waals surface area contributed by atoms with Gasteiger partial charge in [-0.05, 0) is 105 Å². The highest BCUT2D eigenvalue weighted by Crippen LogP contribution is 2.42. The fourth-order valence-corrected chi connectivity index (χ4v) is 7.74. The Morgan fingerprint density at radius 2 is 0.870 bits per heavy atom. The molecule has 2 aromatic heterocycles. The summed E-state index contributed by atoms with van der Waals surface area (Å²) in [6.07, 6.45) is 0. The third kappa shape index (κ3) is 5.63. The normalized spacial score (nSPS) is 11.5. The van der Waals surface area contributed by atoms with Gasteiger partial charge in [-0.15, -0.1) is 0 Å². The summed E-state index contributed by atoms with van der Waals surface area (Å²) in [5.74, 6) is 2.63. The molecule has 0 amide bonds. The van der Waals surface area contributed by atoms with E-state index in [4.69, 9.17) is 19.9 Å². The van der Waals surface area contributed by atoms with Crippen LogP contribution in [0.4, 0.5) is 0 Å². The first-order chi connectivity index (χ1) is 26.5. The van der Waals surface area contributed by atoms with Gasteiger partial charge in [0, 0.05) is 27.9 Å². The maximum absolute atomic E-state index is 5.15. The van der Waals surface area contributed by atoms with Crippen LogP contribution in [0.3, 0.4) is 0 Å². The molecule has 0 aliphatic carbocycles. The Bertz CT molecular complexity index is 2930. The number of hydrogen-bond donors (Lipinski definition) is 0. The van der Waals surface area contributed by atoms with Gasteiger partial charge in [0.15, 0.2) is 17.5 Å². The molecule has 0 aliphatic heterocycles. The molecule has 0 fully saturated rings. The SMILES string of the molecule is Cc1cc(-c2cccc(-c3cc(-c4nc(-c5ccccc5)nc(-c5ccccc5)n4)cc(-c4cc5cccc6ccc7cccc4c7c65)c3)c2)nc(C)n1. The zero-order valence-electron chi connectivity index (χ0n) is 29.8. The summed E-state index contributed by atoms with van der Waals surface area (Å²) in [5, 5.41) is 7.49. The Morgan fingerprint density at radius 1 is 0.333 bits per heavy atom. The standard InChI is InChI=1S/C49H33N5/c1-30-24-44(51-31(2)50-30)37-19-10-18-36(25-37)39-26-40(43-29-38-20-9-16-32-22-23-33-17-11-21-42(43)46(33)45(32)38)28-41(27-39)49-53-47(34-12-5-3-6-13-34)52-48(54-49)35-14-7-4-8-15-35/h3-29H,1-2H3. The van der Waals surface area contributed by atoms with Gasteiger partial charge in [-0.1, -0.05) is 127 Å². The highest BCUT2D eigenvalue weighted by molar-refractivity contribution is 6.26. The molecule has 0 N–H and O–H groups in total. The van der Waals surface area contributed by atoms with E-state index in [1.165, 1.54) is 32.3 Å². The summed E-state index contributed by atoms with van der Waals surface area (Å²) in [7, 11) is 0. The predicted octanol–water partition coefficient (Wildman–Crippen LogP) is 12.2. The van der Waals surface area contributed by atoms with Gasteiger partial charge in [0.1, 0.15) is 5.82 Å². The molecular formula is C49H33N5. The fourth-order valence-electron chi connectivity index (χ4n) is 7.74. The zero-order chi connectivity index (χ0) is 36.2. The van der Waals surface area contributed by atoms with Gasteiger partial charge < -0.3 is 0 Å². The van der Waals surface area contributed by atoms with E-state index in [9.17, 15) is 0 Å². The zero-order valence-corrected chi connectivity index (χ0v) is 29.8. The number of hydrogen-bond acceptors (Lipinski definition) is 5. The molecule has 0 aliphatic rings. The molecule has 2 heterocycles. The average molecular weight is 692 g/mol. The molecule has 8 aromatic carbocycles. The van der Waals surface area contributed by atoms with Gasteiger partial charge in [-0.3, -0.25) is 0 Å². The summed E-state index contributed by atoms with van der Waals surface area (Å²) in [6, 6.07) is 57.6. The highest BCUT2D eigenvalue weighted by Gasteiger charge is 2.18. The molecule has 0 atom stereocenters. The Kier molecular flexibility index (Phi) is 7.51. The van der Waals surface area contributed by atoms with Crippen LogP contribution in [0.15, 0.2) is 164 Å². The summed E-state index contributed by atoms with van der Waals surface area (Å²) >= 11 is 0. The van der Waals surface area contributed by atoms with Gasteiger partial charge in [-0.25, -0.2) is 24.9 Å². The van der Waals surface area contributed by atoms with E-state index in [1.54, 1.807) is 0 Å². The molecule has 0 unspecified atom stereocenters. The summed E-state index contributed by atoms with van der Waals surface area (Å²) in [4.78, 5) is 24.6. The van der Waals surface area contributed by atoms with E-state index >= 15 is 0 Å². The third-order valence-corrected chi connectivity index (χ3v) is 10.2. The number of aryl methyl sites for hydroxylation is 2. The molecule has 10 aromatic rings. The third-order valence-electron chi connectivity index (χ3n) is 10.2.